The normalized spacial score (nSPS) is 12.5. The van der Waals surface area contributed by atoms with Gasteiger partial charge < -0.3 is 15.6 Å². The van der Waals surface area contributed by atoms with Crippen molar-refractivity contribution in [3.8, 4) is 0 Å². The molecule has 0 aromatic carbocycles. The van der Waals surface area contributed by atoms with Crippen LogP contribution in [-0.4, -0.2) is 43.7 Å². The van der Waals surface area contributed by atoms with Gasteiger partial charge in [-0.15, -0.1) is 4.40 Å². The second kappa shape index (κ2) is 7.36. The van der Waals surface area contributed by atoms with E-state index in [4.69, 9.17) is 5.14 Å². The summed E-state index contributed by atoms with van der Waals surface area (Å²) in [6.07, 6.45) is 1.67. The SMILES string of the molecule is CNC(=NS(N)(=O)=O)NCCSCc1[nH]cnc1C. The van der Waals surface area contributed by atoms with E-state index in [1.54, 1.807) is 25.1 Å². The van der Waals surface area contributed by atoms with Crippen molar-refractivity contribution in [1.82, 2.24) is 20.6 Å². The van der Waals surface area contributed by atoms with Gasteiger partial charge in [0, 0.05) is 30.8 Å². The van der Waals surface area contributed by atoms with Crippen molar-refractivity contribution < 1.29 is 8.42 Å². The molecule has 0 fully saturated rings. The van der Waals surface area contributed by atoms with E-state index in [-0.39, 0.29) is 5.96 Å². The molecule has 0 amide bonds. The molecule has 0 bridgehead atoms. The van der Waals surface area contributed by atoms with Crippen molar-refractivity contribution in [2.75, 3.05) is 19.3 Å². The average Bonchev–Trinajstić information content (AvgIpc) is 2.71. The molecule has 0 unspecified atom stereocenters. The van der Waals surface area contributed by atoms with Crippen LogP contribution in [0.1, 0.15) is 11.4 Å². The average molecular weight is 306 g/mol. The molecule has 0 saturated heterocycles. The zero-order valence-electron chi connectivity index (χ0n) is 10.8. The Morgan fingerprint density at radius 2 is 2.37 bits per heavy atom. The maximum Gasteiger partial charge on any atom is 0.320 e. The van der Waals surface area contributed by atoms with Crippen LogP contribution < -0.4 is 15.8 Å². The van der Waals surface area contributed by atoms with Crippen molar-refractivity contribution in [3.05, 3.63) is 17.7 Å². The topological polar surface area (TPSA) is 125 Å². The molecule has 19 heavy (non-hydrogen) atoms. The largest absolute Gasteiger partial charge is 0.359 e. The number of thioether (sulfide) groups is 1. The molecular weight excluding hydrogens is 288 g/mol. The van der Waals surface area contributed by atoms with E-state index in [1.165, 1.54) is 0 Å². The van der Waals surface area contributed by atoms with E-state index >= 15 is 0 Å². The van der Waals surface area contributed by atoms with Crippen molar-refractivity contribution in [1.29, 1.82) is 0 Å². The summed E-state index contributed by atoms with van der Waals surface area (Å²) < 4.78 is 24.9. The molecule has 0 aliphatic rings. The molecule has 5 N–H and O–H groups in total. The monoisotopic (exact) mass is 306 g/mol. The van der Waals surface area contributed by atoms with Crippen LogP contribution in [0, 0.1) is 6.92 Å². The zero-order chi connectivity index (χ0) is 14.3. The third-order valence-electron chi connectivity index (χ3n) is 2.17. The van der Waals surface area contributed by atoms with Gasteiger partial charge in [0.2, 0.25) is 5.96 Å². The summed E-state index contributed by atoms with van der Waals surface area (Å²) in [4.78, 5) is 7.17. The molecule has 0 spiro atoms. The van der Waals surface area contributed by atoms with Crippen molar-refractivity contribution >= 4 is 27.9 Å². The first-order valence-electron chi connectivity index (χ1n) is 5.53. The Kier molecular flexibility index (Phi) is 6.12. The molecule has 1 aromatic heterocycles. The Hall–Kier alpha value is -1.26. The highest BCUT2D eigenvalue weighted by Crippen LogP contribution is 2.11. The van der Waals surface area contributed by atoms with Crippen LogP contribution in [0.4, 0.5) is 0 Å². The third kappa shape index (κ3) is 6.45. The molecule has 0 radical (unpaired) electrons. The van der Waals surface area contributed by atoms with E-state index in [1.807, 2.05) is 6.92 Å². The summed E-state index contributed by atoms with van der Waals surface area (Å²) in [5.74, 6) is 1.76. The van der Waals surface area contributed by atoms with Gasteiger partial charge in [-0.25, -0.2) is 10.1 Å². The standard InChI is InChI=1S/C9H18N6O2S2/c1-7-8(14-6-13-7)5-18-4-3-12-9(11-2)15-19(10,16)17/h6H,3-5H2,1-2H3,(H,13,14)(H2,10,16,17)(H2,11,12,15). The number of nitrogens with one attached hydrogen (secondary N) is 3. The van der Waals surface area contributed by atoms with Crippen LogP contribution in [-0.2, 0) is 16.0 Å². The van der Waals surface area contributed by atoms with Gasteiger partial charge in [-0.1, -0.05) is 0 Å². The second-order valence-electron chi connectivity index (χ2n) is 3.65. The summed E-state index contributed by atoms with van der Waals surface area (Å²) >= 11 is 1.70. The van der Waals surface area contributed by atoms with Gasteiger partial charge in [0.15, 0.2) is 0 Å². The lowest BCUT2D eigenvalue weighted by atomic mass is 10.4. The Morgan fingerprint density at radius 1 is 1.63 bits per heavy atom. The number of aromatic amines is 1. The van der Waals surface area contributed by atoms with E-state index in [2.05, 4.69) is 25.0 Å². The number of hydrogen-bond donors (Lipinski definition) is 4. The molecular formula is C9H18N6O2S2. The first kappa shape index (κ1) is 15.8. The lowest BCUT2D eigenvalue weighted by Crippen LogP contribution is -2.37. The quantitative estimate of drug-likeness (QED) is 0.313. The van der Waals surface area contributed by atoms with Gasteiger partial charge in [-0.05, 0) is 6.92 Å². The highest BCUT2D eigenvalue weighted by atomic mass is 32.2. The molecule has 0 aliphatic carbocycles. The number of imidazole rings is 1. The fourth-order valence-corrected chi connectivity index (χ4v) is 2.54. The van der Waals surface area contributed by atoms with E-state index in [0.717, 1.165) is 22.9 Å². The van der Waals surface area contributed by atoms with Crippen molar-refractivity contribution in [3.63, 3.8) is 0 Å². The van der Waals surface area contributed by atoms with Gasteiger partial charge >= 0.3 is 10.2 Å². The Balaban J connectivity index is 2.27. The predicted molar refractivity (Wildman–Crippen MR) is 77.1 cm³/mol. The molecule has 1 rings (SSSR count). The maximum atomic E-state index is 10.8. The van der Waals surface area contributed by atoms with Gasteiger partial charge in [0.05, 0.1) is 12.0 Å². The van der Waals surface area contributed by atoms with Gasteiger partial charge in [-0.3, -0.25) is 0 Å². The molecule has 0 aliphatic heterocycles. The Labute approximate surface area is 116 Å². The number of guanidine groups is 1. The Morgan fingerprint density at radius 3 is 2.89 bits per heavy atom. The highest BCUT2D eigenvalue weighted by Gasteiger charge is 2.03. The molecule has 1 heterocycles. The van der Waals surface area contributed by atoms with Crippen molar-refractivity contribution in [2.45, 2.75) is 12.7 Å². The Bertz CT molecular complexity index is 525. The van der Waals surface area contributed by atoms with Crippen molar-refractivity contribution in [2.24, 2.45) is 9.54 Å². The maximum absolute atomic E-state index is 10.8. The minimum absolute atomic E-state index is 0.140. The van der Waals surface area contributed by atoms with Gasteiger partial charge in [-0.2, -0.15) is 20.2 Å². The lowest BCUT2D eigenvalue weighted by Gasteiger charge is -2.08. The summed E-state index contributed by atoms with van der Waals surface area (Å²) in [5.41, 5.74) is 2.09. The minimum atomic E-state index is -3.88. The number of aryl methyl sites for hydroxylation is 1. The number of nitrogens with zero attached hydrogens (tertiary/aromatic N) is 2. The number of H-pyrrole nitrogens is 1. The fourth-order valence-electron chi connectivity index (χ4n) is 1.24. The summed E-state index contributed by atoms with van der Waals surface area (Å²) in [6, 6.07) is 0. The lowest BCUT2D eigenvalue weighted by molar-refractivity contribution is 0.599. The van der Waals surface area contributed by atoms with Gasteiger partial charge in [0.1, 0.15) is 0 Å². The van der Waals surface area contributed by atoms with Gasteiger partial charge in [0.25, 0.3) is 0 Å². The smallest absolute Gasteiger partial charge is 0.320 e. The van der Waals surface area contributed by atoms with Crippen LogP contribution in [0.25, 0.3) is 0 Å². The van der Waals surface area contributed by atoms with Crippen LogP contribution in [0.2, 0.25) is 0 Å². The van der Waals surface area contributed by atoms with E-state index < -0.39 is 10.2 Å². The first-order chi connectivity index (χ1) is 8.92. The first-order valence-corrected chi connectivity index (χ1v) is 8.19. The zero-order valence-corrected chi connectivity index (χ0v) is 12.4. The number of rotatable bonds is 6. The van der Waals surface area contributed by atoms with Crippen LogP contribution in [0.15, 0.2) is 10.7 Å². The third-order valence-corrected chi connectivity index (χ3v) is 3.60. The molecule has 1 aromatic rings. The number of hydrogen-bond acceptors (Lipinski definition) is 4. The summed E-state index contributed by atoms with van der Waals surface area (Å²) in [7, 11) is -2.31. The van der Waals surface area contributed by atoms with Crippen LogP contribution in [0.5, 0.6) is 0 Å². The minimum Gasteiger partial charge on any atom is -0.359 e. The summed E-state index contributed by atoms with van der Waals surface area (Å²) in [6.45, 7) is 2.52. The van der Waals surface area contributed by atoms with Crippen LogP contribution in [0.3, 0.4) is 0 Å². The summed E-state index contributed by atoms with van der Waals surface area (Å²) in [5, 5.41) is 10.3. The van der Waals surface area contributed by atoms with Crippen LogP contribution >= 0.6 is 11.8 Å². The molecule has 108 valence electrons. The van der Waals surface area contributed by atoms with E-state index in [9.17, 15) is 8.42 Å². The number of nitrogens with two attached hydrogens (primary N) is 1. The molecule has 8 nitrogen and oxygen atoms in total. The predicted octanol–water partition coefficient (Wildman–Crippen LogP) is -0.680. The molecule has 0 saturated carbocycles. The highest BCUT2D eigenvalue weighted by molar-refractivity contribution is 7.98. The fraction of sp³-hybridized carbons (Fsp3) is 0.556. The molecule has 10 heteroatoms. The molecule has 0 atom stereocenters. The number of aromatic nitrogens is 2. The van der Waals surface area contributed by atoms with E-state index in [0.29, 0.717) is 6.54 Å². The second-order valence-corrected chi connectivity index (χ2v) is 5.97.